The van der Waals surface area contributed by atoms with Crippen molar-refractivity contribution in [2.24, 2.45) is 0 Å². The van der Waals surface area contributed by atoms with Crippen molar-refractivity contribution in [3.8, 4) is 5.13 Å². The van der Waals surface area contributed by atoms with Gasteiger partial charge in [0.25, 0.3) is 11.8 Å². The van der Waals surface area contributed by atoms with E-state index in [4.69, 9.17) is 11.6 Å². The van der Waals surface area contributed by atoms with E-state index in [9.17, 15) is 22.8 Å². The maximum Gasteiger partial charge on any atom is 0.433 e. The third kappa shape index (κ3) is 3.71. The van der Waals surface area contributed by atoms with Gasteiger partial charge in [0, 0.05) is 35.5 Å². The van der Waals surface area contributed by atoms with Gasteiger partial charge in [-0.3, -0.25) is 9.59 Å². The number of carbonyl (C=O) groups excluding carboxylic acids is 2. The van der Waals surface area contributed by atoms with Gasteiger partial charge >= 0.3 is 6.18 Å². The maximum atomic E-state index is 14.0. The third-order valence-electron chi connectivity index (χ3n) is 6.94. The van der Waals surface area contributed by atoms with Crippen LogP contribution in [-0.4, -0.2) is 49.5 Å². The van der Waals surface area contributed by atoms with Crippen molar-refractivity contribution < 1.29 is 22.8 Å². The van der Waals surface area contributed by atoms with Crippen LogP contribution in [0, 0.1) is 6.92 Å². The first-order valence-electron chi connectivity index (χ1n) is 11.7. The zero-order valence-electron chi connectivity index (χ0n) is 19.9. The van der Waals surface area contributed by atoms with E-state index in [1.165, 1.54) is 12.3 Å². The van der Waals surface area contributed by atoms with Crippen LogP contribution in [-0.2, 0) is 18.3 Å². The molecule has 6 rings (SSSR count). The van der Waals surface area contributed by atoms with Crippen LogP contribution in [0.5, 0.6) is 0 Å². The highest BCUT2D eigenvalue weighted by Crippen LogP contribution is 2.45. The standard InChI is InChI=1S/C26H19ClF3N5O2S/c1-15-12-21(26(28,29)30)35(32-15)24-31-20(14-38-24)23(37)34-11-10-33-22(36)19-5-3-2-4-16(19)13-25(33,34)17-6-8-18(27)9-7-17/h2-9,12,14H,10-11,13H2,1H3. The molecule has 0 aliphatic carbocycles. The monoisotopic (exact) mass is 557 g/mol. The zero-order chi connectivity index (χ0) is 26.8. The number of thiazole rings is 1. The van der Waals surface area contributed by atoms with E-state index in [2.05, 4.69) is 10.1 Å². The molecule has 0 saturated carbocycles. The fourth-order valence-electron chi connectivity index (χ4n) is 5.32. The van der Waals surface area contributed by atoms with Crippen molar-refractivity contribution in [1.29, 1.82) is 0 Å². The number of aryl methyl sites for hydroxylation is 1. The lowest BCUT2D eigenvalue weighted by Crippen LogP contribution is -2.58. The number of fused-ring (bicyclic) bond motifs is 2. The van der Waals surface area contributed by atoms with E-state index >= 15 is 0 Å². The SMILES string of the molecule is Cc1cc(C(F)(F)F)n(-c2nc(C(=O)N3CCN4C(=O)c5ccccc5CC34c3ccc(Cl)cc3)cs2)n1. The van der Waals surface area contributed by atoms with Crippen LogP contribution < -0.4 is 0 Å². The smallest absolute Gasteiger partial charge is 0.309 e. The highest BCUT2D eigenvalue weighted by molar-refractivity contribution is 7.12. The molecule has 0 N–H and O–H groups in total. The number of amides is 2. The molecule has 38 heavy (non-hydrogen) atoms. The molecule has 4 heterocycles. The summed E-state index contributed by atoms with van der Waals surface area (Å²) in [5.41, 5.74) is 0.122. The van der Waals surface area contributed by atoms with E-state index in [0.717, 1.165) is 23.0 Å². The molecule has 0 spiro atoms. The van der Waals surface area contributed by atoms with E-state index < -0.39 is 23.4 Å². The highest BCUT2D eigenvalue weighted by Gasteiger charge is 2.56. The Hall–Kier alpha value is -3.70. The number of hydrogen-bond donors (Lipinski definition) is 0. The number of aromatic nitrogens is 3. The van der Waals surface area contributed by atoms with E-state index in [-0.39, 0.29) is 35.5 Å². The van der Waals surface area contributed by atoms with Gasteiger partial charge in [-0.25, -0.2) is 9.67 Å². The Morgan fingerprint density at radius 2 is 1.84 bits per heavy atom. The number of carbonyl (C=O) groups is 2. The lowest BCUT2D eigenvalue weighted by atomic mass is 9.83. The quantitative estimate of drug-likeness (QED) is 0.342. The molecule has 1 unspecified atom stereocenters. The molecule has 2 aromatic carbocycles. The van der Waals surface area contributed by atoms with Crippen molar-refractivity contribution >= 4 is 34.8 Å². The van der Waals surface area contributed by atoms with Crippen LogP contribution >= 0.6 is 22.9 Å². The molecule has 12 heteroatoms. The molecule has 1 saturated heterocycles. The average Bonchev–Trinajstić information content (AvgIpc) is 3.61. The highest BCUT2D eigenvalue weighted by atomic mass is 35.5. The molecule has 0 bridgehead atoms. The van der Waals surface area contributed by atoms with E-state index in [0.29, 0.717) is 27.3 Å². The van der Waals surface area contributed by atoms with Gasteiger partial charge in [0.15, 0.2) is 5.69 Å². The minimum Gasteiger partial charge on any atom is -0.309 e. The first-order chi connectivity index (χ1) is 18.1. The number of rotatable bonds is 3. The summed E-state index contributed by atoms with van der Waals surface area (Å²) in [6.07, 6.45) is -4.29. The Balaban J connectivity index is 1.44. The molecule has 2 amide bonds. The Kier molecular flexibility index (Phi) is 5.62. The molecule has 1 fully saturated rings. The molecule has 1 atom stereocenters. The molecule has 2 aromatic heterocycles. The fourth-order valence-corrected chi connectivity index (χ4v) is 6.20. The first kappa shape index (κ1) is 24.6. The summed E-state index contributed by atoms with van der Waals surface area (Å²) in [7, 11) is 0. The van der Waals surface area contributed by atoms with Gasteiger partial charge in [0.05, 0.1) is 5.69 Å². The predicted molar refractivity (Wildman–Crippen MR) is 134 cm³/mol. The molecular weight excluding hydrogens is 539 g/mol. The minimum atomic E-state index is -4.64. The maximum absolute atomic E-state index is 14.0. The largest absolute Gasteiger partial charge is 0.433 e. The summed E-state index contributed by atoms with van der Waals surface area (Å²) in [6.45, 7) is 1.97. The van der Waals surface area contributed by atoms with Crippen molar-refractivity contribution in [1.82, 2.24) is 24.6 Å². The van der Waals surface area contributed by atoms with Crippen LogP contribution in [0.3, 0.4) is 0 Å². The van der Waals surface area contributed by atoms with Crippen molar-refractivity contribution in [2.45, 2.75) is 25.2 Å². The molecule has 0 radical (unpaired) electrons. The predicted octanol–water partition coefficient (Wildman–Crippen LogP) is 5.32. The molecule has 4 aromatic rings. The fraction of sp³-hybridized carbons (Fsp3) is 0.231. The lowest BCUT2D eigenvalue weighted by molar-refractivity contribution is -0.142. The molecular formula is C26H19ClF3N5O2S. The number of nitrogens with zero attached hydrogens (tertiary/aromatic N) is 5. The molecule has 2 aliphatic heterocycles. The van der Waals surface area contributed by atoms with Gasteiger partial charge in [-0.2, -0.15) is 18.3 Å². The summed E-state index contributed by atoms with van der Waals surface area (Å²) >= 11 is 7.04. The van der Waals surface area contributed by atoms with Gasteiger partial charge < -0.3 is 9.80 Å². The zero-order valence-corrected chi connectivity index (χ0v) is 21.4. The van der Waals surface area contributed by atoms with Crippen LogP contribution in [0.15, 0.2) is 60.0 Å². The Morgan fingerprint density at radius 1 is 1.11 bits per heavy atom. The first-order valence-corrected chi connectivity index (χ1v) is 12.9. The van der Waals surface area contributed by atoms with E-state index in [1.807, 2.05) is 12.1 Å². The Labute approximate surface area is 224 Å². The number of benzene rings is 2. The average molecular weight is 558 g/mol. The normalized spacial score (nSPS) is 19.0. The van der Waals surface area contributed by atoms with Gasteiger partial charge in [-0.1, -0.05) is 41.9 Å². The number of alkyl halides is 3. The lowest BCUT2D eigenvalue weighted by Gasteiger charge is -2.47. The van der Waals surface area contributed by atoms with Crippen molar-refractivity contribution in [3.05, 3.63) is 98.8 Å². The summed E-state index contributed by atoms with van der Waals surface area (Å²) < 4.78 is 41.4. The van der Waals surface area contributed by atoms with Gasteiger partial charge in [-0.15, -0.1) is 11.3 Å². The number of halogens is 4. The molecule has 194 valence electrons. The van der Waals surface area contributed by atoms with Crippen LogP contribution in [0.4, 0.5) is 13.2 Å². The second kappa shape index (κ2) is 8.67. The van der Waals surface area contributed by atoms with Crippen molar-refractivity contribution in [2.75, 3.05) is 13.1 Å². The second-order valence-electron chi connectivity index (χ2n) is 9.17. The summed E-state index contributed by atoms with van der Waals surface area (Å²) in [5, 5.41) is 5.80. The Bertz CT molecular complexity index is 1580. The van der Waals surface area contributed by atoms with Crippen molar-refractivity contribution in [3.63, 3.8) is 0 Å². The molecule has 7 nitrogen and oxygen atoms in total. The number of hydrogen-bond acceptors (Lipinski definition) is 5. The summed E-state index contributed by atoms with van der Waals surface area (Å²) in [4.78, 5) is 35.1. The van der Waals surface area contributed by atoms with Gasteiger partial charge in [-0.05, 0) is 42.3 Å². The molecule has 2 aliphatic rings. The van der Waals surface area contributed by atoms with Crippen LogP contribution in [0.25, 0.3) is 5.13 Å². The summed E-state index contributed by atoms with van der Waals surface area (Å²) in [5.74, 6) is -0.688. The third-order valence-corrected chi connectivity index (χ3v) is 8.00. The van der Waals surface area contributed by atoms with E-state index in [1.54, 1.807) is 46.2 Å². The Morgan fingerprint density at radius 3 is 2.58 bits per heavy atom. The minimum absolute atomic E-state index is 0.0206. The van der Waals surface area contributed by atoms with Gasteiger partial charge in [0.2, 0.25) is 5.13 Å². The van der Waals surface area contributed by atoms with Crippen LogP contribution in [0.1, 0.15) is 43.4 Å². The second-order valence-corrected chi connectivity index (χ2v) is 10.4. The van der Waals surface area contributed by atoms with Crippen LogP contribution in [0.2, 0.25) is 5.02 Å². The summed E-state index contributed by atoms with van der Waals surface area (Å²) in [6, 6.07) is 15.2. The topological polar surface area (TPSA) is 71.3 Å². The van der Waals surface area contributed by atoms with Gasteiger partial charge in [0.1, 0.15) is 11.4 Å².